The zero-order valence-corrected chi connectivity index (χ0v) is 25.8. The van der Waals surface area contributed by atoms with Gasteiger partial charge in [-0.25, -0.2) is 0 Å². The molecular formula is C45H25NO. The maximum Gasteiger partial charge on any atom is 0.0992 e. The molecular weight excluding hydrogens is 571 g/mol. The maximum atomic E-state index is 9.22. The van der Waals surface area contributed by atoms with Crippen LogP contribution in [0, 0.1) is 5.92 Å². The Balaban J connectivity index is 1.30. The van der Waals surface area contributed by atoms with Crippen LogP contribution in [0.4, 0.5) is 0 Å². The lowest BCUT2D eigenvalue weighted by molar-refractivity contribution is 0.0247. The Hall–Kier alpha value is -4.50. The molecule has 0 aromatic heterocycles. The number of fused-ring (bicyclic) bond motifs is 1. The fourth-order valence-corrected chi connectivity index (χ4v) is 14.5. The lowest BCUT2D eigenvalue weighted by Crippen LogP contribution is -2.46. The highest BCUT2D eigenvalue weighted by molar-refractivity contribution is 6.63. The second kappa shape index (κ2) is 5.68. The Kier molecular flexibility index (Phi) is 2.50. The monoisotopic (exact) mass is 597 g/mol. The summed E-state index contributed by atoms with van der Waals surface area (Å²) in [6, 6.07) is 13.0. The predicted octanol–water partition coefficient (Wildman–Crippen LogP) is 8.70. The first-order valence-corrected chi connectivity index (χ1v) is 17.9. The first-order chi connectivity index (χ1) is 23.7. The van der Waals surface area contributed by atoms with Crippen molar-refractivity contribution < 1.29 is 6.11 Å². The summed E-state index contributed by atoms with van der Waals surface area (Å²) >= 11 is 0. The Bertz CT molecular complexity index is 3670. The van der Waals surface area contributed by atoms with Crippen LogP contribution in [0.25, 0.3) is 130 Å². The van der Waals surface area contributed by atoms with Gasteiger partial charge >= 0.3 is 0 Å². The van der Waals surface area contributed by atoms with Gasteiger partial charge in [-0.15, -0.1) is 0 Å². The quantitative estimate of drug-likeness (QED) is 0.189. The summed E-state index contributed by atoms with van der Waals surface area (Å²) in [5, 5.41) is 37.5. The third-order valence-corrected chi connectivity index (χ3v) is 15.5. The Morgan fingerprint density at radius 2 is 1.26 bits per heavy atom. The van der Waals surface area contributed by atoms with Crippen LogP contribution in [0.15, 0.2) is 30.3 Å². The second-order valence-electron chi connectivity index (χ2n) is 16.6. The van der Waals surface area contributed by atoms with E-state index in [1.165, 1.54) is 37.7 Å². The molecule has 4 aliphatic carbocycles. The smallest absolute Gasteiger partial charge is 0.0992 e. The summed E-state index contributed by atoms with van der Waals surface area (Å²) in [6.07, 6.45) is 3.25. The third kappa shape index (κ3) is 1.58. The van der Waals surface area contributed by atoms with E-state index >= 15 is 0 Å². The van der Waals surface area contributed by atoms with Crippen LogP contribution in [0.1, 0.15) is 38.3 Å². The Morgan fingerprint density at radius 3 is 1.98 bits per heavy atom. The van der Waals surface area contributed by atoms with Gasteiger partial charge in [-0.3, -0.25) is 4.90 Å². The summed E-state index contributed by atoms with van der Waals surface area (Å²) in [5.74, 6) is 0.421. The molecule has 216 valence electrons. The van der Waals surface area contributed by atoms with Crippen LogP contribution < -0.4 is 10.4 Å². The average molecular weight is 598 g/mol. The summed E-state index contributed by atoms with van der Waals surface area (Å²) in [5.41, 5.74) is 8.10. The molecule has 1 aliphatic heterocycles. The standard InChI is InChI=1S/C45H25NO/c1-3-47-13-46-12-23-22-10-20-8-17-6-18-5-15-4-16-7-19-9-21-11-45(23,14(46)2)44-30(21)35-29(19)34-25(16)24(15)32-28(18)33-26(17)27(20)36-31(22)43(44)42-40(35)38(34)37(32)39(33)41(36)42/h4-7,9,14,23H,3,8,10-13H2,1-2H3/i2T. The van der Waals surface area contributed by atoms with E-state index in [1.54, 1.807) is 119 Å². The normalized spacial score (nSPS) is 25.8. The van der Waals surface area contributed by atoms with E-state index in [0.717, 1.165) is 32.4 Å². The molecule has 5 aliphatic rings. The number of rotatable bonds is 3. The van der Waals surface area contributed by atoms with Gasteiger partial charge in [-0.05, 0) is 197 Å². The molecule has 1 saturated heterocycles. The molecule has 0 saturated carbocycles. The van der Waals surface area contributed by atoms with Gasteiger partial charge in [-0.2, -0.15) is 0 Å². The second-order valence-corrected chi connectivity index (χ2v) is 16.6. The van der Waals surface area contributed by atoms with E-state index in [4.69, 9.17) is 4.74 Å². The molecule has 0 radical (unpaired) electrons. The average Bonchev–Trinajstić information content (AvgIpc) is 3.93. The number of hydrogen-bond acceptors (Lipinski definition) is 2. The van der Waals surface area contributed by atoms with E-state index in [-0.39, 0.29) is 11.5 Å². The minimum atomic E-state index is -0.0711. The lowest BCUT2D eigenvalue weighted by Gasteiger charge is -2.41. The molecule has 47 heavy (non-hydrogen) atoms. The van der Waals surface area contributed by atoms with E-state index in [2.05, 4.69) is 42.2 Å². The molecule has 0 N–H and O–H groups in total. The zero-order chi connectivity index (χ0) is 30.2. The van der Waals surface area contributed by atoms with Crippen LogP contribution in [0.5, 0.6) is 0 Å². The van der Waals surface area contributed by atoms with Crippen molar-refractivity contribution in [1.82, 2.24) is 4.90 Å². The fourth-order valence-electron chi connectivity index (χ4n) is 14.5. The van der Waals surface area contributed by atoms with Gasteiger partial charge in [0, 0.05) is 31.9 Å². The fraction of sp³-hybridized carbons (Fsp3) is 0.244. The Labute approximate surface area is 267 Å². The molecule has 2 nitrogen and oxygen atoms in total. The van der Waals surface area contributed by atoms with Crippen molar-refractivity contribution in [3.63, 3.8) is 0 Å². The van der Waals surface area contributed by atoms with E-state index < -0.39 is 0 Å². The van der Waals surface area contributed by atoms with Crippen molar-refractivity contribution in [2.24, 2.45) is 5.92 Å². The molecule has 0 bridgehead atoms. The molecule has 1 heterocycles. The van der Waals surface area contributed by atoms with Gasteiger partial charge in [-0.1, -0.05) is 23.3 Å². The molecule has 0 amide bonds. The van der Waals surface area contributed by atoms with E-state index in [9.17, 15) is 1.37 Å². The van der Waals surface area contributed by atoms with Crippen LogP contribution in [0.2, 0.25) is 0 Å². The first-order valence-electron chi connectivity index (χ1n) is 18.6. The van der Waals surface area contributed by atoms with Gasteiger partial charge in [0.1, 0.15) is 0 Å². The van der Waals surface area contributed by atoms with Gasteiger partial charge in [0.2, 0.25) is 0 Å². The molecule has 12 aromatic rings. The van der Waals surface area contributed by atoms with E-state index in [1.807, 2.05) is 0 Å². The molecule has 3 unspecified atom stereocenters. The summed E-state index contributed by atoms with van der Waals surface area (Å²) in [7, 11) is 0. The van der Waals surface area contributed by atoms with Gasteiger partial charge in [0.15, 0.2) is 0 Å². The van der Waals surface area contributed by atoms with Crippen LogP contribution in [-0.4, -0.2) is 30.8 Å². The topological polar surface area (TPSA) is 12.5 Å². The number of benzene rings is 8. The minimum absolute atomic E-state index is 0.0711. The zero-order valence-electron chi connectivity index (χ0n) is 26.8. The lowest BCUT2D eigenvalue weighted by atomic mass is 9.61. The molecule has 12 aromatic carbocycles. The van der Waals surface area contributed by atoms with Crippen molar-refractivity contribution in [3.05, 3.63) is 57.5 Å². The number of nitrogens with zero attached hydrogens (tertiary/aromatic N) is 1. The molecule has 1 spiro atoms. The highest BCUT2D eigenvalue weighted by Crippen LogP contribution is 2.68. The maximum absolute atomic E-state index is 9.22. The first kappa shape index (κ1) is 20.7. The van der Waals surface area contributed by atoms with Crippen molar-refractivity contribution >= 4 is 130 Å². The third-order valence-electron chi connectivity index (χ3n) is 15.5. The number of ether oxygens (including phenoxy) is 1. The molecule has 1 fully saturated rings. The van der Waals surface area contributed by atoms with Crippen LogP contribution in [0.3, 0.4) is 0 Å². The van der Waals surface area contributed by atoms with Crippen LogP contribution in [-0.2, 0) is 23.0 Å². The highest BCUT2D eigenvalue weighted by atomic mass is 16.5. The van der Waals surface area contributed by atoms with Gasteiger partial charge in [0.25, 0.3) is 0 Å². The number of hydrogen-bond donors (Lipinski definition) is 0. The van der Waals surface area contributed by atoms with Crippen LogP contribution >= 0.6 is 0 Å². The van der Waals surface area contributed by atoms with Crippen molar-refractivity contribution in [2.45, 2.75) is 44.5 Å². The Morgan fingerprint density at radius 1 is 0.660 bits per heavy atom. The van der Waals surface area contributed by atoms with Crippen molar-refractivity contribution in [1.29, 1.82) is 0 Å². The molecule has 17 rings (SSSR count). The van der Waals surface area contributed by atoms with Gasteiger partial charge in [0.05, 0.1) is 6.73 Å². The summed E-state index contributed by atoms with van der Waals surface area (Å²) in [4.78, 5) is 2.59. The summed E-state index contributed by atoms with van der Waals surface area (Å²) < 4.78 is 15.4. The number of likely N-dealkylation sites (tertiary alicyclic amines) is 1. The van der Waals surface area contributed by atoms with Gasteiger partial charge < -0.3 is 4.74 Å². The molecule has 3 atom stereocenters. The highest BCUT2D eigenvalue weighted by Gasteiger charge is 2.60. The van der Waals surface area contributed by atoms with Crippen molar-refractivity contribution in [3.8, 4) is 0 Å². The largest absolute Gasteiger partial charge is 0.366 e. The van der Waals surface area contributed by atoms with Crippen molar-refractivity contribution in [2.75, 3.05) is 19.9 Å². The summed E-state index contributed by atoms with van der Waals surface area (Å²) in [6.45, 7) is 4.90. The minimum Gasteiger partial charge on any atom is -0.366 e. The molecule has 2 heteroatoms. The predicted molar refractivity (Wildman–Crippen MR) is 196 cm³/mol. The van der Waals surface area contributed by atoms with E-state index in [0.29, 0.717) is 19.5 Å². The SMILES string of the molecule is [3H]CC1N(COCC)CC2C3=c4c5c6c7c(cc8cc9cc%10cc%11cc%12c%13c(c4c4c5c5c7c8c7c9c%10c8c%11c%13c4c8c75)=C(C3)C%12)CC621.